The van der Waals surface area contributed by atoms with Crippen LogP contribution in [0.25, 0.3) is 10.9 Å². The molecule has 3 rings (SSSR count). The second kappa shape index (κ2) is 4.65. The van der Waals surface area contributed by atoms with Crippen LogP contribution in [0, 0.1) is 0 Å². The summed E-state index contributed by atoms with van der Waals surface area (Å²) >= 11 is 5.95. The predicted octanol–water partition coefficient (Wildman–Crippen LogP) is 3.75. The van der Waals surface area contributed by atoms with E-state index in [9.17, 15) is 4.79 Å². The fourth-order valence-electron chi connectivity index (χ4n) is 2.52. The Bertz CT molecular complexity index is 584. The average molecular weight is 263 g/mol. The Hall–Kier alpha value is -1.48. The van der Waals surface area contributed by atoms with E-state index in [4.69, 9.17) is 11.6 Å². The van der Waals surface area contributed by atoms with Crippen molar-refractivity contribution < 1.29 is 4.79 Å². The number of nitrogens with zero attached hydrogens (tertiary/aromatic N) is 2. The highest BCUT2D eigenvalue weighted by atomic mass is 35.5. The van der Waals surface area contributed by atoms with Crippen LogP contribution in [0.5, 0.6) is 0 Å². The van der Waals surface area contributed by atoms with Crippen LogP contribution in [0.2, 0.25) is 5.02 Å². The Balaban J connectivity index is 1.96. The van der Waals surface area contributed by atoms with Crippen LogP contribution in [-0.2, 0) is 0 Å². The Morgan fingerprint density at radius 2 is 1.89 bits per heavy atom. The summed E-state index contributed by atoms with van der Waals surface area (Å²) in [4.78, 5) is 14.3. The summed E-state index contributed by atoms with van der Waals surface area (Å²) in [7, 11) is 0. The van der Waals surface area contributed by atoms with Crippen molar-refractivity contribution in [1.82, 2.24) is 9.47 Å². The quantitative estimate of drug-likeness (QED) is 0.710. The summed E-state index contributed by atoms with van der Waals surface area (Å²) in [6.45, 7) is 1.73. The van der Waals surface area contributed by atoms with E-state index in [0.29, 0.717) is 5.02 Å². The van der Waals surface area contributed by atoms with E-state index in [1.165, 1.54) is 6.42 Å². The molecule has 1 aliphatic rings. The third-order valence-corrected chi connectivity index (χ3v) is 3.72. The normalized spacial score (nSPS) is 16.2. The molecule has 4 heteroatoms. The van der Waals surface area contributed by atoms with Crippen molar-refractivity contribution in [2.75, 3.05) is 13.1 Å². The van der Waals surface area contributed by atoms with Crippen molar-refractivity contribution >= 4 is 28.5 Å². The van der Waals surface area contributed by atoms with Gasteiger partial charge in [0.2, 0.25) is 0 Å². The minimum Gasteiger partial charge on any atom is -0.324 e. The molecule has 1 saturated heterocycles. The molecule has 0 aliphatic carbocycles. The van der Waals surface area contributed by atoms with Crippen LogP contribution in [0.1, 0.15) is 19.3 Å². The smallest absolute Gasteiger partial charge is 0.324 e. The number of hydrogen-bond donors (Lipinski definition) is 0. The first-order valence-corrected chi connectivity index (χ1v) is 6.69. The Morgan fingerprint density at radius 3 is 2.67 bits per heavy atom. The molecule has 0 bridgehead atoms. The van der Waals surface area contributed by atoms with Crippen LogP contribution in [0.3, 0.4) is 0 Å². The van der Waals surface area contributed by atoms with Gasteiger partial charge in [-0.15, -0.1) is 0 Å². The molecule has 0 saturated carbocycles. The molecule has 1 amide bonds. The molecule has 1 fully saturated rings. The fourth-order valence-corrected chi connectivity index (χ4v) is 2.70. The molecule has 2 aromatic rings. The van der Waals surface area contributed by atoms with Crippen LogP contribution in [0.4, 0.5) is 4.79 Å². The van der Waals surface area contributed by atoms with Crippen LogP contribution in [0.15, 0.2) is 30.5 Å². The maximum Gasteiger partial charge on any atom is 0.328 e. The summed E-state index contributed by atoms with van der Waals surface area (Å²) in [5.74, 6) is 0. The second-order valence-corrected chi connectivity index (χ2v) is 5.16. The van der Waals surface area contributed by atoms with Crippen LogP contribution < -0.4 is 0 Å². The number of piperidine rings is 1. The van der Waals surface area contributed by atoms with Gasteiger partial charge in [0.1, 0.15) is 0 Å². The maximum atomic E-state index is 12.4. The first-order valence-electron chi connectivity index (χ1n) is 6.31. The van der Waals surface area contributed by atoms with Gasteiger partial charge in [0.15, 0.2) is 0 Å². The fraction of sp³-hybridized carbons (Fsp3) is 0.357. The number of carbonyl (C=O) groups is 1. The summed E-state index contributed by atoms with van der Waals surface area (Å²) in [6.07, 6.45) is 5.28. The highest BCUT2D eigenvalue weighted by Gasteiger charge is 2.19. The predicted molar refractivity (Wildman–Crippen MR) is 73.2 cm³/mol. The van der Waals surface area contributed by atoms with E-state index < -0.39 is 0 Å². The molecule has 1 aromatic heterocycles. The first-order chi connectivity index (χ1) is 8.75. The van der Waals surface area contributed by atoms with Gasteiger partial charge in [0.25, 0.3) is 0 Å². The van der Waals surface area contributed by atoms with Gasteiger partial charge in [-0.3, -0.25) is 4.57 Å². The number of carbonyl (C=O) groups excluding carboxylic acids is 1. The third kappa shape index (κ3) is 1.99. The molecule has 1 aliphatic heterocycles. The van der Waals surface area contributed by atoms with Gasteiger partial charge in [0, 0.05) is 29.7 Å². The van der Waals surface area contributed by atoms with Crippen molar-refractivity contribution in [2.45, 2.75) is 19.3 Å². The molecule has 1 aromatic carbocycles. The van der Waals surface area contributed by atoms with Crippen molar-refractivity contribution in [3.63, 3.8) is 0 Å². The number of benzene rings is 1. The first kappa shape index (κ1) is 11.6. The summed E-state index contributed by atoms with van der Waals surface area (Å²) in [6, 6.07) is 7.62. The van der Waals surface area contributed by atoms with E-state index in [1.807, 2.05) is 35.4 Å². The largest absolute Gasteiger partial charge is 0.328 e. The number of halogens is 1. The molecule has 0 unspecified atom stereocenters. The molecule has 3 nitrogen and oxygen atoms in total. The number of amides is 1. The summed E-state index contributed by atoms with van der Waals surface area (Å²) in [5, 5.41) is 1.71. The molecule has 0 spiro atoms. The Morgan fingerprint density at radius 1 is 1.11 bits per heavy atom. The molecule has 0 N–H and O–H groups in total. The lowest BCUT2D eigenvalue weighted by Crippen LogP contribution is -2.38. The van der Waals surface area contributed by atoms with Crippen LogP contribution in [-0.4, -0.2) is 28.6 Å². The highest BCUT2D eigenvalue weighted by Crippen LogP contribution is 2.21. The molecule has 0 atom stereocenters. The number of aromatic nitrogens is 1. The molecule has 94 valence electrons. The van der Waals surface area contributed by atoms with Crippen molar-refractivity contribution in [2.24, 2.45) is 0 Å². The summed E-state index contributed by atoms with van der Waals surface area (Å²) < 4.78 is 1.72. The van der Waals surface area contributed by atoms with Crippen molar-refractivity contribution in [3.05, 3.63) is 35.5 Å². The van der Waals surface area contributed by atoms with Crippen LogP contribution >= 0.6 is 11.6 Å². The highest BCUT2D eigenvalue weighted by molar-refractivity contribution is 6.31. The Labute approximate surface area is 111 Å². The van der Waals surface area contributed by atoms with Gasteiger partial charge in [-0.05, 0) is 43.5 Å². The number of fused-ring (bicyclic) bond motifs is 1. The second-order valence-electron chi connectivity index (χ2n) is 4.72. The van der Waals surface area contributed by atoms with Gasteiger partial charge < -0.3 is 4.90 Å². The zero-order valence-electron chi connectivity index (χ0n) is 10.1. The monoisotopic (exact) mass is 262 g/mol. The lowest BCUT2D eigenvalue weighted by Gasteiger charge is -2.26. The molecular weight excluding hydrogens is 248 g/mol. The van der Waals surface area contributed by atoms with Gasteiger partial charge in [-0.2, -0.15) is 0 Å². The molecule has 2 heterocycles. The van der Waals surface area contributed by atoms with E-state index in [0.717, 1.165) is 36.8 Å². The van der Waals surface area contributed by atoms with Gasteiger partial charge in [-0.25, -0.2) is 4.79 Å². The van der Waals surface area contributed by atoms with Gasteiger partial charge in [0.05, 0.1) is 5.52 Å². The molecule has 18 heavy (non-hydrogen) atoms. The lowest BCUT2D eigenvalue weighted by atomic mass is 10.1. The Kier molecular flexibility index (Phi) is 3.00. The van der Waals surface area contributed by atoms with Crippen molar-refractivity contribution in [3.8, 4) is 0 Å². The minimum absolute atomic E-state index is 0.0759. The van der Waals surface area contributed by atoms with E-state index in [-0.39, 0.29) is 6.03 Å². The van der Waals surface area contributed by atoms with Gasteiger partial charge in [-0.1, -0.05) is 11.6 Å². The molecule has 0 radical (unpaired) electrons. The van der Waals surface area contributed by atoms with Gasteiger partial charge >= 0.3 is 6.03 Å². The average Bonchev–Trinajstić information content (AvgIpc) is 2.81. The lowest BCUT2D eigenvalue weighted by molar-refractivity contribution is 0.189. The topological polar surface area (TPSA) is 25.2 Å². The maximum absolute atomic E-state index is 12.4. The molecular formula is C14H15ClN2O. The minimum atomic E-state index is 0.0759. The standard InChI is InChI=1S/C14H15ClN2O/c15-12-4-5-13-11(10-12)6-9-17(13)14(18)16-7-2-1-3-8-16/h4-6,9-10H,1-3,7-8H2. The SMILES string of the molecule is O=C(N1CCCCC1)n1ccc2cc(Cl)ccc21. The van der Waals surface area contributed by atoms with Crippen molar-refractivity contribution in [1.29, 1.82) is 0 Å². The number of rotatable bonds is 0. The zero-order valence-corrected chi connectivity index (χ0v) is 10.9. The van der Waals surface area contributed by atoms with E-state index in [2.05, 4.69) is 0 Å². The zero-order chi connectivity index (χ0) is 12.5. The number of hydrogen-bond acceptors (Lipinski definition) is 1. The summed E-state index contributed by atoms with van der Waals surface area (Å²) in [5.41, 5.74) is 0.926. The third-order valence-electron chi connectivity index (χ3n) is 3.48. The number of likely N-dealkylation sites (tertiary alicyclic amines) is 1. The van der Waals surface area contributed by atoms with E-state index >= 15 is 0 Å². The van der Waals surface area contributed by atoms with E-state index in [1.54, 1.807) is 4.57 Å².